The van der Waals surface area contributed by atoms with Crippen molar-refractivity contribution in [1.29, 1.82) is 0 Å². The van der Waals surface area contributed by atoms with Gasteiger partial charge in [-0.1, -0.05) is 19.8 Å². The second-order valence-corrected chi connectivity index (χ2v) is 6.57. The zero-order valence-electron chi connectivity index (χ0n) is 12.9. The highest BCUT2D eigenvalue weighted by atomic mass is 16.5. The molecule has 2 aliphatic rings. The maximum absolute atomic E-state index is 5.81. The van der Waals surface area contributed by atoms with Crippen LogP contribution in [0.3, 0.4) is 0 Å². The lowest BCUT2D eigenvalue weighted by molar-refractivity contribution is -0.0320. The SMILES string of the molecule is CCC1CCCCCN1CC1(CNC)CCCOC1. The molecule has 2 unspecified atom stereocenters. The van der Waals surface area contributed by atoms with Crippen molar-refractivity contribution in [3.8, 4) is 0 Å². The molecule has 3 nitrogen and oxygen atoms in total. The lowest BCUT2D eigenvalue weighted by atomic mass is 9.81. The van der Waals surface area contributed by atoms with Crippen LogP contribution in [0.4, 0.5) is 0 Å². The van der Waals surface area contributed by atoms with Crippen LogP contribution in [-0.2, 0) is 4.74 Å². The van der Waals surface area contributed by atoms with E-state index in [9.17, 15) is 0 Å². The van der Waals surface area contributed by atoms with Gasteiger partial charge in [0.2, 0.25) is 0 Å². The smallest absolute Gasteiger partial charge is 0.0546 e. The summed E-state index contributed by atoms with van der Waals surface area (Å²) in [6.07, 6.45) is 9.47. The molecule has 19 heavy (non-hydrogen) atoms. The summed E-state index contributed by atoms with van der Waals surface area (Å²) >= 11 is 0. The number of hydrogen-bond donors (Lipinski definition) is 1. The summed E-state index contributed by atoms with van der Waals surface area (Å²) in [4.78, 5) is 2.78. The van der Waals surface area contributed by atoms with E-state index in [2.05, 4.69) is 24.2 Å². The molecule has 0 amide bonds. The van der Waals surface area contributed by atoms with Crippen LogP contribution in [0.2, 0.25) is 0 Å². The molecule has 0 aromatic rings. The second kappa shape index (κ2) is 7.61. The van der Waals surface area contributed by atoms with Crippen molar-refractivity contribution in [3.63, 3.8) is 0 Å². The van der Waals surface area contributed by atoms with Crippen molar-refractivity contribution in [2.45, 2.75) is 57.9 Å². The Bertz CT molecular complexity index is 246. The van der Waals surface area contributed by atoms with Crippen LogP contribution >= 0.6 is 0 Å². The van der Waals surface area contributed by atoms with E-state index in [4.69, 9.17) is 4.74 Å². The standard InChI is InChI=1S/C16H32N2O/c1-3-15-8-5-4-6-10-18(15)13-16(12-17-2)9-7-11-19-14-16/h15,17H,3-14H2,1-2H3. The molecule has 2 atom stereocenters. The molecule has 1 N–H and O–H groups in total. The molecule has 0 radical (unpaired) electrons. The Balaban J connectivity index is 2.01. The third-order valence-electron chi connectivity index (χ3n) is 4.96. The molecule has 2 rings (SSSR count). The third-order valence-corrected chi connectivity index (χ3v) is 4.96. The molecule has 112 valence electrons. The van der Waals surface area contributed by atoms with Gasteiger partial charge >= 0.3 is 0 Å². The molecule has 2 aliphatic heterocycles. The predicted octanol–water partition coefficient (Wildman–Crippen LogP) is 2.66. The summed E-state index contributed by atoms with van der Waals surface area (Å²) in [6, 6.07) is 0.804. The Hall–Kier alpha value is -0.120. The number of nitrogens with one attached hydrogen (secondary N) is 1. The van der Waals surface area contributed by atoms with Crippen molar-refractivity contribution in [3.05, 3.63) is 0 Å². The maximum atomic E-state index is 5.81. The lowest BCUT2D eigenvalue weighted by Gasteiger charge is -2.43. The average Bonchev–Trinajstić information content (AvgIpc) is 2.65. The Labute approximate surface area is 119 Å². The summed E-state index contributed by atoms with van der Waals surface area (Å²) < 4.78 is 5.81. The first-order valence-electron chi connectivity index (χ1n) is 8.26. The first kappa shape index (κ1) is 15.3. The van der Waals surface area contributed by atoms with Crippen LogP contribution in [0.1, 0.15) is 51.9 Å². The lowest BCUT2D eigenvalue weighted by Crippen LogP contribution is -2.50. The normalized spacial score (nSPS) is 34.1. The first-order chi connectivity index (χ1) is 9.29. The van der Waals surface area contributed by atoms with Crippen molar-refractivity contribution in [1.82, 2.24) is 10.2 Å². The second-order valence-electron chi connectivity index (χ2n) is 6.57. The van der Waals surface area contributed by atoms with Gasteiger partial charge in [-0.3, -0.25) is 4.90 Å². The van der Waals surface area contributed by atoms with Crippen LogP contribution < -0.4 is 5.32 Å². The maximum Gasteiger partial charge on any atom is 0.0546 e. The zero-order valence-corrected chi connectivity index (χ0v) is 12.9. The molecule has 0 saturated carbocycles. The van der Waals surface area contributed by atoms with Gasteiger partial charge in [-0.2, -0.15) is 0 Å². The fourth-order valence-corrected chi connectivity index (χ4v) is 3.94. The minimum Gasteiger partial charge on any atom is -0.381 e. The van der Waals surface area contributed by atoms with Crippen molar-refractivity contribution < 1.29 is 4.74 Å². The topological polar surface area (TPSA) is 24.5 Å². The van der Waals surface area contributed by atoms with Crippen molar-refractivity contribution in [2.75, 3.05) is 39.9 Å². The minimum atomic E-state index is 0.352. The molecular weight excluding hydrogens is 236 g/mol. The van der Waals surface area contributed by atoms with E-state index in [0.717, 1.165) is 25.8 Å². The van der Waals surface area contributed by atoms with Crippen LogP contribution in [-0.4, -0.2) is 50.8 Å². The van der Waals surface area contributed by atoms with Crippen molar-refractivity contribution >= 4 is 0 Å². The minimum absolute atomic E-state index is 0.352. The molecular formula is C16H32N2O. The summed E-state index contributed by atoms with van der Waals surface area (Å²) in [6.45, 7) is 7.88. The van der Waals surface area contributed by atoms with Gasteiger partial charge in [0, 0.05) is 31.2 Å². The highest BCUT2D eigenvalue weighted by Gasteiger charge is 2.36. The van der Waals surface area contributed by atoms with Gasteiger partial charge in [0.15, 0.2) is 0 Å². The van der Waals surface area contributed by atoms with Crippen molar-refractivity contribution in [2.24, 2.45) is 5.41 Å². The van der Waals surface area contributed by atoms with Gasteiger partial charge in [-0.15, -0.1) is 0 Å². The van der Waals surface area contributed by atoms with E-state index < -0.39 is 0 Å². The highest BCUT2D eigenvalue weighted by Crippen LogP contribution is 2.31. The fourth-order valence-electron chi connectivity index (χ4n) is 3.94. The Morgan fingerprint density at radius 1 is 1.26 bits per heavy atom. The van der Waals surface area contributed by atoms with Crippen LogP contribution in [0.5, 0.6) is 0 Å². The van der Waals surface area contributed by atoms with E-state index in [0.29, 0.717) is 5.41 Å². The molecule has 2 heterocycles. The third kappa shape index (κ3) is 4.17. The van der Waals surface area contributed by atoms with Gasteiger partial charge < -0.3 is 10.1 Å². The Morgan fingerprint density at radius 2 is 2.16 bits per heavy atom. The quantitative estimate of drug-likeness (QED) is 0.829. The largest absolute Gasteiger partial charge is 0.381 e. The summed E-state index contributed by atoms with van der Waals surface area (Å²) in [5, 5.41) is 3.41. The molecule has 0 aliphatic carbocycles. The zero-order chi connectivity index (χ0) is 13.6. The Kier molecular flexibility index (Phi) is 6.11. The molecule has 0 aromatic heterocycles. The molecule has 2 saturated heterocycles. The molecule has 0 aromatic carbocycles. The molecule has 3 heteroatoms. The van der Waals surface area contributed by atoms with Gasteiger partial charge in [0.25, 0.3) is 0 Å². The van der Waals surface area contributed by atoms with E-state index in [1.165, 1.54) is 58.0 Å². The van der Waals surface area contributed by atoms with Gasteiger partial charge in [-0.05, 0) is 45.7 Å². The van der Waals surface area contributed by atoms with Crippen LogP contribution in [0.15, 0.2) is 0 Å². The Morgan fingerprint density at radius 3 is 2.84 bits per heavy atom. The predicted molar refractivity (Wildman–Crippen MR) is 80.5 cm³/mol. The number of likely N-dealkylation sites (tertiary alicyclic amines) is 1. The summed E-state index contributed by atoms with van der Waals surface area (Å²) in [5.74, 6) is 0. The summed E-state index contributed by atoms with van der Waals surface area (Å²) in [7, 11) is 2.08. The van der Waals surface area contributed by atoms with Gasteiger partial charge in [-0.25, -0.2) is 0 Å². The monoisotopic (exact) mass is 268 g/mol. The van der Waals surface area contributed by atoms with Crippen LogP contribution in [0, 0.1) is 5.41 Å². The molecule has 2 fully saturated rings. The first-order valence-corrected chi connectivity index (χ1v) is 8.26. The van der Waals surface area contributed by atoms with E-state index in [-0.39, 0.29) is 0 Å². The van der Waals surface area contributed by atoms with Gasteiger partial charge in [0.05, 0.1) is 6.61 Å². The van der Waals surface area contributed by atoms with E-state index in [1.807, 2.05) is 0 Å². The fraction of sp³-hybridized carbons (Fsp3) is 1.00. The summed E-state index contributed by atoms with van der Waals surface area (Å²) in [5.41, 5.74) is 0.352. The number of ether oxygens (including phenoxy) is 1. The van der Waals surface area contributed by atoms with Gasteiger partial charge in [0.1, 0.15) is 0 Å². The number of hydrogen-bond acceptors (Lipinski definition) is 3. The number of nitrogens with zero attached hydrogens (tertiary/aromatic N) is 1. The average molecular weight is 268 g/mol. The highest BCUT2D eigenvalue weighted by molar-refractivity contribution is 4.89. The van der Waals surface area contributed by atoms with Crippen LogP contribution in [0.25, 0.3) is 0 Å². The van der Waals surface area contributed by atoms with E-state index in [1.54, 1.807) is 0 Å². The number of rotatable bonds is 5. The molecule has 0 spiro atoms. The molecule has 0 bridgehead atoms. The van der Waals surface area contributed by atoms with E-state index >= 15 is 0 Å².